The number of hydrogen-bond donors (Lipinski definition) is 0. The number of halogens is 1. The minimum atomic E-state index is -0.242. The van der Waals surface area contributed by atoms with Crippen LogP contribution in [0.4, 0.5) is 0 Å². The van der Waals surface area contributed by atoms with Gasteiger partial charge in [0, 0.05) is 10.7 Å². The van der Waals surface area contributed by atoms with Gasteiger partial charge in [-0.15, -0.1) is 12.1 Å². The molecule has 1 aromatic rings. The summed E-state index contributed by atoms with van der Waals surface area (Å²) in [4.78, 5) is 15.1. The van der Waals surface area contributed by atoms with E-state index in [1.807, 2.05) is 6.07 Å². The van der Waals surface area contributed by atoms with Gasteiger partial charge in [-0.25, -0.2) is 0 Å². The van der Waals surface area contributed by atoms with Gasteiger partial charge in [-0.2, -0.15) is 0 Å². The molecule has 114 valence electrons. The smallest absolute Gasteiger partial charge is 0.658 e. The third kappa shape index (κ3) is 14.4. The van der Waals surface area contributed by atoms with Crippen molar-refractivity contribution >= 4 is 21.9 Å². The molecule has 1 rings (SSSR count). The van der Waals surface area contributed by atoms with Crippen molar-refractivity contribution in [3.63, 3.8) is 0 Å². The van der Waals surface area contributed by atoms with E-state index in [2.05, 4.69) is 53.9 Å². The van der Waals surface area contributed by atoms with Gasteiger partial charge in [0.25, 0.3) is 0 Å². The molecule has 0 aromatic carbocycles. The van der Waals surface area contributed by atoms with E-state index in [0.29, 0.717) is 24.4 Å². The molecule has 1 aromatic heterocycles. The Balaban J connectivity index is 0. The number of ether oxygens (including phenoxy) is 1. The van der Waals surface area contributed by atoms with Gasteiger partial charge in [-0.1, -0.05) is 43.6 Å². The number of aromatic nitrogens is 1. The predicted molar refractivity (Wildman–Crippen MR) is 85.9 cm³/mol. The van der Waals surface area contributed by atoms with E-state index >= 15 is 0 Å². The van der Waals surface area contributed by atoms with Gasteiger partial charge in [0.2, 0.25) is 0 Å². The van der Waals surface area contributed by atoms with E-state index in [1.165, 1.54) is 0 Å². The maximum atomic E-state index is 11.0. The van der Waals surface area contributed by atoms with E-state index < -0.39 is 0 Å². The summed E-state index contributed by atoms with van der Waals surface area (Å²) in [5, 5.41) is 4.28. The molecule has 1 heterocycles. The van der Waals surface area contributed by atoms with Gasteiger partial charge in [0.05, 0.1) is 18.7 Å². The van der Waals surface area contributed by atoms with Gasteiger partial charge in [-0.3, -0.25) is 9.78 Å². The number of hydrogen-bond acceptors (Lipinski definition) is 3. The van der Waals surface area contributed by atoms with E-state index in [-0.39, 0.29) is 31.3 Å². The minimum Gasteiger partial charge on any atom is -0.658 e. The first kappa shape index (κ1) is 22.9. The molecule has 0 radical (unpaired) electrons. The third-order valence-electron chi connectivity index (χ3n) is 2.01. The van der Waals surface area contributed by atoms with Crippen molar-refractivity contribution in [3.8, 4) is 0 Å². The largest absolute Gasteiger partial charge is 1.00 e. The van der Waals surface area contributed by atoms with E-state index in [4.69, 9.17) is 4.74 Å². The van der Waals surface area contributed by atoms with Gasteiger partial charge in [0.1, 0.15) is 0 Å². The molecule has 0 bridgehead atoms. The molecule has 0 aliphatic carbocycles. The van der Waals surface area contributed by atoms with Gasteiger partial charge in [-0.05, 0) is 19.1 Å². The van der Waals surface area contributed by atoms with Crippen LogP contribution in [-0.2, 0) is 16.0 Å². The molecule has 0 saturated carbocycles. The Morgan fingerprint density at radius 3 is 2.29 bits per heavy atom. The first-order valence-corrected chi connectivity index (χ1v) is 7.60. The number of esters is 1. The Bertz CT molecular complexity index is 395. The zero-order chi connectivity index (χ0) is 15.5. The van der Waals surface area contributed by atoms with E-state index in [0.717, 1.165) is 4.47 Å². The topological polar surface area (TPSA) is 53.3 Å². The van der Waals surface area contributed by atoms with Crippen LogP contribution in [-0.4, -0.2) is 29.6 Å². The molecule has 0 aliphatic rings. The van der Waals surface area contributed by atoms with Crippen molar-refractivity contribution in [2.24, 2.45) is 0 Å². The van der Waals surface area contributed by atoms with Crippen LogP contribution >= 0.6 is 15.9 Å². The zero-order valence-corrected chi connectivity index (χ0v) is 15.5. The maximum Gasteiger partial charge on any atom is 1.00 e. The normalized spacial score (nSPS) is 9.71. The fraction of sp³-hybridized carbons (Fsp3) is 0.600. The standard InChI is InChI=1S/C9H10BrNO2.C6H14N.Li/c1-2-13-9(12)6-8-5-7(10)3-4-11-8;1-5(2)7-6(3)4;/h3-5H,2,6H2,1H3;5-6H,1-4H3;/q;-1;+1. The van der Waals surface area contributed by atoms with Crippen LogP contribution in [0.15, 0.2) is 22.8 Å². The molecule has 0 spiro atoms. The van der Waals surface area contributed by atoms with Crippen molar-refractivity contribution in [2.75, 3.05) is 6.61 Å². The van der Waals surface area contributed by atoms with Crippen LogP contribution in [0.2, 0.25) is 0 Å². The molecule has 0 unspecified atom stereocenters. The number of pyridine rings is 1. The zero-order valence-electron chi connectivity index (χ0n) is 13.9. The summed E-state index contributed by atoms with van der Waals surface area (Å²) in [7, 11) is 0. The van der Waals surface area contributed by atoms with Crippen LogP contribution in [0.5, 0.6) is 0 Å². The Morgan fingerprint density at radius 2 is 1.90 bits per heavy atom. The summed E-state index contributed by atoms with van der Waals surface area (Å²) in [5.74, 6) is -0.242. The first-order valence-electron chi connectivity index (χ1n) is 6.81. The van der Waals surface area contributed by atoms with Crippen LogP contribution < -0.4 is 18.9 Å². The molecular weight excluding hydrogens is 327 g/mol. The summed E-state index contributed by atoms with van der Waals surface area (Å²) in [5.41, 5.74) is 0.716. The number of carbonyl (C=O) groups is 1. The minimum absolute atomic E-state index is 0. The second kappa shape index (κ2) is 13.3. The Kier molecular flexibility index (Phi) is 14.6. The van der Waals surface area contributed by atoms with Crippen LogP contribution in [0, 0.1) is 0 Å². The summed E-state index contributed by atoms with van der Waals surface area (Å²) in [6.07, 6.45) is 1.88. The summed E-state index contributed by atoms with van der Waals surface area (Å²) >= 11 is 3.30. The molecule has 21 heavy (non-hydrogen) atoms. The van der Waals surface area contributed by atoms with Gasteiger partial charge < -0.3 is 10.1 Å². The molecule has 0 N–H and O–H groups in total. The Labute approximate surface area is 148 Å². The summed E-state index contributed by atoms with van der Waals surface area (Å²) in [6, 6.07) is 4.62. The van der Waals surface area contributed by atoms with Crippen molar-refractivity contribution in [2.45, 2.75) is 53.1 Å². The molecular formula is C15H24BrLiN2O2. The molecule has 0 fully saturated rings. The predicted octanol–water partition coefficient (Wildman–Crippen LogP) is 1.13. The Hall–Kier alpha value is -0.343. The summed E-state index contributed by atoms with van der Waals surface area (Å²) in [6.45, 7) is 10.6. The monoisotopic (exact) mass is 350 g/mol. The quantitative estimate of drug-likeness (QED) is 0.590. The van der Waals surface area contributed by atoms with Crippen LogP contribution in [0.3, 0.4) is 0 Å². The van der Waals surface area contributed by atoms with Gasteiger partial charge in [0.15, 0.2) is 0 Å². The van der Waals surface area contributed by atoms with Crippen molar-refractivity contribution in [1.29, 1.82) is 0 Å². The average Bonchev–Trinajstić information content (AvgIpc) is 2.27. The fourth-order valence-corrected chi connectivity index (χ4v) is 1.88. The molecule has 0 saturated heterocycles. The van der Waals surface area contributed by atoms with E-state index in [1.54, 1.807) is 19.2 Å². The molecule has 4 nitrogen and oxygen atoms in total. The van der Waals surface area contributed by atoms with Crippen LogP contribution in [0.25, 0.3) is 5.32 Å². The van der Waals surface area contributed by atoms with Gasteiger partial charge >= 0.3 is 24.8 Å². The van der Waals surface area contributed by atoms with Crippen molar-refractivity contribution in [1.82, 2.24) is 4.98 Å². The maximum absolute atomic E-state index is 11.0. The molecule has 0 atom stereocenters. The SMILES string of the molecule is CC(C)[N-]C(C)C.CCOC(=O)Cc1cc(Br)ccn1.[Li+]. The second-order valence-electron chi connectivity index (χ2n) is 4.78. The summed E-state index contributed by atoms with van der Waals surface area (Å²) < 4.78 is 5.71. The van der Waals surface area contributed by atoms with Crippen molar-refractivity contribution < 1.29 is 28.4 Å². The third-order valence-corrected chi connectivity index (χ3v) is 2.50. The van der Waals surface area contributed by atoms with E-state index in [9.17, 15) is 4.79 Å². The molecule has 6 heteroatoms. The number of rotatable bonds is 5. The Morgan fingerprint density at radius 1 is 1.33 bits per heavy atom. The van der Waals surface area contributed by atoms with Crippen molar-refractivity contribution in [3.05, 3.63) is 33.8 Å². The second-order valence-corrected chi connectivity index (χ2v) is 5.70. The van der Waals surface area contributed by atoms with Crippen LogP contribution in [0.1, 0.15) is 40.3 Å². The molecule has 0 amide bonds. The average molecular weight is 351 g/mol. The number of carbonyl (C=O) groups excluding carboxylic acids is 1. The number of nitrogens with zero attached hydrogens (tertiary/aromatic N) is 2. The molecule has 0 aliphatic heterocycles. The first-order chi connectivity index (χ1) is 9.35. The fourth-order valence-electron chi connectivity index (χ4n) is 1.50.